The molecule has 2 aromatic rings. The molecule has 2 rings (SSSR count). The minimum absolute atomic E-state index is 0.0848. The third-order valence-electron chi connectivity index (χ3n) is 2.54. The zero-order valence-corrected chi connectivity index (χ0v) is 15.3. The lowest BCUT2D eigenvalue weighted by Gasteiger charge is -2.14. The Balaban J connectivity index is 2.52. The van der Waals surface area contributed by atoms with Crippen molar-refractivity contribution in [3.8, 4) is 0 Å². The van der Waals surface area contributed by atoms with Crippen LogP contribution in [0.25, 0.3) is 0 Å². The first-order valence-electron chi connectivity index (χ1n) is 5.13. The van der Waals surface area contributed by atoms with Gasteiger partial charge in [-0.15, -0.1) is 11.6 Å². The molecule has 0 aliphatic carbocycles. The molecule has 19 heavy (non-hydrogen) atoms. The van der Waals surface area contributed by atoms with Crippen LogP contribution in [0, 0.1) is 15.2 Å². The lowest BCUT2D eigenvalue weighted by Crippen LogP contribution is -2.01. The Bertz CT molecular complexity index is 634. The third kappa shape index (κ3) is 3.49. The SMILES string of the molecule is Fc1cc(C(Cl)c2cc(Br)ccc2I)c(F)cc1Br. The Kier molecular flexibility index (Phi) is 5.25. The highest BCUT2D eigenvalue weighted by Crippen LogP contribution is 2.36. The highest BCUT2D eigenvalue weighted by molar-refractivity contribution is 14.1. The number of alkyl halides is 1. The van der Waals surface area contributed by atoms with Crippen molar-refractivity contribution in [2.24, 2.45) is 0 Å². The van der Waals surface area contributed by atoms with Crippen molar-refractivity contribution < 1.29 is 8.78 Å². The summed E-state index contributed by atoms with van der Waals surface area (Å²) in [6.45, 7) is 0. The average Bonchev–Trinajstić information content (AvgIpc) is 2.36. The van der Waals surface area contributed by atoms with Gasteiger partial charge in [0.15, 0.2) is 0 Å². The van der Waals surface area contributed by atoms with Crippen LogP contribution in [-0.2, 0) is 0 Å². The van der Waals surface area contributed by atoms with Gasteiger partial charge < -0.3 is 0 Å². The van der Waals surface area contributed by atoms with E-state index in [9.17, 15) is 8.78 Å². The highest BCUT2D eigenvalue weighted by atomic mass is 127. The van der Waals surface area contributed by atoms with Crippen LogP contribution in [0.1, 0.15) is 16.5 Å². The van der Waals surface area contributed by atoms with E-state index in [2.05, 4.69) is 54.5 Å². The molecule has 0 fully saturated rings. The molecule has 0 bridgehead atoms. The summed E-state index contributed by atoms with van der Waals surface area (Å²) in [5.74, 6) is -1.07. The predicted molar refractivity (Wildman–Crippen MR) is 88.6 cm³/mol. The second-order valence-electron chi connectivity index (χ2n) is 3.82. The monoisotopic (exact) mass is 520 g/mol. The molecule has 0 radical (unpaired) electrons. The molecule has 0 heterocycles. The van der Waals surface area contributed by atoms with Crippen LogP contribution in [0.15, 0.2) is 39.3 Å². The van der Waals surface area contributed by atoms with Crippen LogP contribution >= 0.6 is 66.1 Å². The fraction of sp³-hybridized carbons (Fsp3) is 0.0769. The minimum atomic E-state index is -0.744. The van der Waals surface area contributed by atoms with Gasteiger partial charge in [-0.05, 0) is 74.4 Å². The topological polar surface area (TPSA) is 0 Å². The van der Waals surface area contributed by atoms with E-state index in [1.54, 1.807) is 6.07 Å². The second kappa shape index (κ2) is 6.37. The van der Waals surface area contributed by atoms with E-state index in [1.165, 1.54) is 0 Å². The standard InChI is InChI=1S/C13H6Br2ClF2I/c14-6-1-2-12(19)8(3-6)13(16)7-4-11(18)9(15)5-10(7)17/h1-5,13H. The van der Waals surface area contributed by atoms with Crippen molar-refractivity contribution in [3.63, 3.8) is 0 Å². The Morgan fingerprint density at radius 3 is 2.37 bits per heavy atom. The van der Waals surface area contributed by atoms with E-state index in [0.29, 0.717) is 0 Å². The first-order chi connectivity index (χ1) is 8.90. The maximum absolute atomic E-state index is 13.9. The molecule has 0 N–H and O–H groups in total. The molecular formula is C13H6Br2ClF2I. The van der Waals surface area contributed by atoms with Crippen molar-refractivity contribution in [1.29, 1.82) is 0 Å². The number of hydrogen-bond donors (Lipinski definition) is 0. The predicted octanol–water partition coefficient (Wildman–Crippen LogP) is 6.42. The van der Waals surface area contributed by atoms with Crippen LogP contribution in [-0.4, -0.2) is 0 Å². The molecule has 0 aromatic heterocycles. The van der Waals surface area contributed by atoms with Gasteiger partial charge in [-0.2, -0.15) is 0 Å². The fourth-order valence-electron chi connectivity index (χ4n) is 1.61. The normalized spacial score (nSPS) is 12.5. The average molecular weight is 522 g/mol. The summed E-state index contributed by atoms with van der Waals surface area (Å²) < 4.78 is 29.3. The molecule has 0 saturated carbocycles. The van der Waals surface area contributed by atoms with E-state index in [0.717, 1.165) is 25.7 Å². The minimum Gasteiger partial charge on any atom is -0.207 e. The van der Waals surface area contributed by atoms with Gasteiger partial charge in [0, 0.05) is 13.6 Å². The second-order valence-corrected chi connectivity index (χ2v) is 7.18. The van der Waals surface area contributed by atoms with Gasteiger partial charge in [0.05, 0.1) is 9.85 Å². The Morgan fingerprint density at radius 1 is 1.00 bits per heavy atom. The van der Waals surface area contributed by atoms with Crippen molar-refractivity contribution >= 4 is 66.1 Å². The molecule has 100 valence electrons. The third-order valence-corrected chi connectivity index (χ3v) is 5.10. The molecule has 1 atom stereocenters. The summed E-state index contributed by atoms with van der Waals surface area (Å²) in [5, 5.41) is -0.744. The van der Waals surface area contributed by atoms with Crippen LogP contribution < -0.4 is 0 Å². The van der Waals surface area contributed by atoms with Crippen molar-refractivity contribution in [2.75, 3.05) is 0 Å². The lowest BCUT2D eigenvalue weighted by atomic mass is 10.0. The fourth-order valence-corrected chi connectivity index (χ4v) is 3.48. The largest absolute Gasteiger partial charge is 0.207 e. The van der Waals surface area contributed by atoms with Crippen LogP contribution in [0.5, 0.6) is 0 Å². The first kappa shape index (κ1) is 15.7. The van der Waals surface area contributed by atoms with Gasteiger partial charge in [-0.1, -0.05) is 15.9 Å². The van der Waals surface area contributed by atoms with E-state index < -0.39 is 17.0 Å². The number of benzene rings is 2. The molecule has 2 aromatic carbocycles. The van der Waals surface area contributed by atoms with E-state index in [4.69, 9.17) is 11.6 Å². The first-order valence-corrected chi connectivity index (χ1v) is 8.23. The van der Waals surface area contributed by atoms with Crippen LogP contribution in [0.3, 0.4) is 0 Å². The van der Waals surface area contributed by atoms with E-state index in [1.807, 2.05) is 12.1 Å². The number of halogens is 6. The Hall–Kier alpha value is 0.280. The van der Waals surface area contributed by atoms with Gasteiger partial charge in [0.1, 0.15) is 11.6 Å². The zero-order valence-electron chi connectivity index (χ0n) is 9.23. The van der Waals surface area contributed by atoms with Crippen molar-refractivity contribution in [1.82, 2.24) is 0 Å². The summed E-state index contributed by atoms with van der Waals surface area (Å²) in [6.07, 6.45) is 0. The zero-order chi connectivity index (χ0) is 14.2. The van der Waals surface area contributed by atoms with E-state index >= 15 is 0 Å². The van der Waals surface area contributed by atoms with Crippen molar-refractivity contribution in [3.05, 3.63) is 65.6 Å². The summed E-state index contributed by atoms with van der Waals surface area (Å²) in [7, 11) is 0. The highest BCUT2D eigenvalue weighted by Gasteiger charge is 2.20. The molecule has 0 spiro atoms. The van der Waals surface area contributed by atoms with E-state index in [-0.39, 0.29) is 10.0 Å². The Labute approximate surface area is 144 Å². The molecule has 0 aliphatic heterocycles. The quantitative estimate of drug-likeness (QED) is 0.243. The van der Waals surface area contributed by atoms with Crippen molar-refractivity contribution in [2.45, 2.75) is 5.38 Å². The van der Waals surface area contributed by atoms with Crippen LogP contribution in [0.4, 0.5) is 8.78 Å². The molecule has 0 amide bonds. The molecule has 0 aliphatic rings. The maximum atomic E-state index is 13.9. The maximum Gasteiger partial charge on any atom is 0.137 e. The molecule has 0 saturated heterocycles. The van der Waals surface area contributed by atoms with Gasteiger partial charge in [-0.25, -0.2) is 8.78 Å². The molecular weight excluding hydrogens is 516 g/mol. The van der Waals surface area contributed by atoms with Gasteiger partial charge in [0.25, 0.3) is 0 Å². The van der Waals surface area contributed by atoms with Gasteiger partial charge in [0.2, 0.25) is 0 Å². The summed E-state index contributed by atoms with van der Waals surface area (Å²) in [6, 6.07) is 7.74. The molecule has 0 nitrogen and oxygen atoms in total. The summed E-state index contributed by atoms with van der Waals surface area (Å²) in [5.41, 5.74) is 0.857. The number of hydrogen-bond acceptors (Lipinski definition) is 0. The molecule has 6 heteroatoms. The summed E-state index contributed by atoms with van der Waals surface area (Å²) >= 11 is 14.7. The lowest BCUT2D eigenvalue weighted by molar-refractivity contribution is 0.582. The Morgan fingerprint density at radius 2 is 1.68 bits per heavy atom. The smallest absolute Gasteiger partial charge is 0.137 e. The number of rotatable bonds is 2. The summed E-state index contributed by atoms with van der Waals surface area (Å²) in [4.78, 5) is 0. The molecule has 1 unspecified atom stereocenters. The van der Waals surface area contributed by atoms with Crippen LogP contribution in [0.2, 0.25) is 0 Å². The van der Waals surface area contributed by atoms with Gasteiger partial charge >= 0.3 is 0 Å². The van der Waals surface area contributed by atoms with Gasteiger partial charge in [-0.3, -0.25) is 0 Å².